The first-order valence-corrected chi connectivity index (χ1v) is 7.28. The van der Waals surface area contributed by atoms with Crippen LogP contribution in [0.1, 0.15) is 36.2 Å². The number of hydrogen-bond acceptors (Lipinski definition) is 3. The molecule has 0 heterocycles. The number of nitrogens with one attached hydrogen (secondary N) is 2. The summed E-state index contributed by atoms with van der Waals surface area (Å²) >= 11 is 0. The van der Waals surface area contributed by atoms with Crippen LogP contribution < -0.4 is 10.6 Å². The molecule has 1 unspecified atom stereocenters. The maximum atomic E-state index is 13.0. The molecule has 0 aromatic heterocycles. The lowest BCUT2D eigenvalue weighted by Gasteiger charge is -2.20. The number of carbonyl (C=O) groups excluding carboxylic acids is 2. The largest absolute Gasteiger partial charge is 0.417 e. The van der Waals surface area contributed by atoms with Crippen LogP contribution >= 0.6 is 0 Å². The molecule has 0 aliphatic carbocycles. The Labute approximate surface area is 137 Å². The van der Waals surface area contributed by atoms with E-state index in [0.29, 0.717) is 0 Å². The molecule has 0 saturated heterocycles. The summed E-state index contributed by atoms with van der Waals surface area (Å²) in [5.41, 5.74) is -1.62. The molecule has 0 fully saturated rings. The maximum Gasteiger partial charge on any atom is 0.417 e. The first-order chi connectivity index (χ1) is 11.2. The van der Waals surface area contributed by atoms with E-state index in [1.807, 2.05) is 0 Å². The predicted octanol–water partition coefficient (Wildman–Crippen LogP) is 2.49. The molecule has 0 aliphatic rings. The number of hydrogen-bond donors (Lipinski definition) is 2. The molecule has 1 aromatic rings. The number of rotatable bonds is 6. The van der Waals surface area contributed by atoms with Crippen molar-refractivity contribution in [2.24, 2.45) is 5.92 Å². The Balaban J connectivity index is 3.01. The molecule has 2 N–H and O–H groups in total. The van der Waals surface area contributed by atoms with Crippen molar-refractivity contribution in [2.75, 3.05) is 6.54 Å². The van der Waals surface area contributed by atoms with Crippen LogP contribution in [0.2, 0.25) is 0 Å². The Morgan fingerprint density at radius 2 is 1.88 bits per heavy atom. The van der Waals surface area contributed by atoms with Gasteiger partial charge in [-0.2, -0.15) is 18.4 Å². The molecule has 5 nitrogen and oxygen atoms in total. The Kier molecular flexibility index (Phi) is 6.77. The summed E-state index contributed by atoms with van der Waals surface area (Å²) in [7, 11) is 0. The standard InChI is InChI=1S/C16H18F3N3O2/c1-10(2)9-13(15(24)21-8-7-20)22-14(23)11-5-3-4-6-12(11)16(17,18)19/h3-6,10,13H,8-9H2,1-2H3,(H,21,24)(H,22,23). The van der Waals surface area contributed by atoms with Crippen LogP contribution in [0.15, 0.2) is 24.3 Å². The first kappa shape index (κ1) is 19.5. The lowest BCUT2D eigenvalue weighted by Crippen LogP contribution is -2.47. The average Bonchev–Trinajstić information content (AvgIpc) is 2.50. The number of nitriles is 1. The van der Waals surface area contributed by atoms with Gasteiger partial charge in [0.25, 0.3) is 5.91 Å². The van der Waals surface area contributed by atoms with Crippen LogP contribution in [-0.4, -0.2) is 24.4 Å². The summed E-state index contributed by atoms with van der Waals surface area (Å²) in [5, 5.41) is 13.1. The highest BCUT2D eigenvalue weighted by Crippen LogP contribution is 2.31. The fourth-order valence-electron chi connectivity index (χ4n) is 2.12. The lowest BCUT2D eigenvalue weighted by atomic mass is 10.0. The van der Waals surface area contributed by atoms with Gasteiger partial charge in [0.1, 0.15) is 12.6 Å². The highest BCUT2D eigenvalue weighted by molar-refractivity contribution is 5.98. The Morgan fingerprint density at radius 1 is 1.25 bits per heavy atom. The molecule has 1 rings (SSSR count). The number of carbonyl (C=O) groups is 2. The molecule has 24 heavy (non-hydrogen) atoms. The van der Waals surface area contributed by atoms with E-state index in [2.05, 4.69) is 10.6 Å². The SMILES string of the molecule is CC(C)CC(NC(=O)c1ccccc1C(F)(F)F)C(=O)NCC#N. The van der Waals surface area contributed by atoms with Crippen molar-refractivity contribution < 1.29 is 22.8 Å². The summed E-state index contributed by atoms with van der Waals surface area (Å²) in [4.78, 5) is 24.2. The Morgan fingerprint density at radius 3 is 2.42 bits per heavy atom. The molecule has 0 aliphatic heterocycles. The van der Waals surface area contributed by atoms with E-state index in [1.54, 1.807) is 19.9 Å². The van der Waals surface area contributed by atoms with Crippen LogP contribution in [0.4, 0.5) is 13.2 Å². The van der Waals surface area contributed by atoms with E-state index in [1.165, 1.54) is 12.1 Å². The van der Waals surface area contributed by atoms with Gasteiger partial charge in [0, 0.05) is 0 Å². The van der Waals surface area contributed by atoms with Crippen LogP contribution in [0, 0.1) is 17.2 Å². The molecule has 0 radical (unpaired) electrons. The van der Waals surface area contributed by atoms with Gasteiger partial charge >= 0.3 is 6.18 Å². The van der Waals surface area contributed by atoms with E-state index in [-0.39, 0.29) is 18.9 Å². The topological polar surface area (TPSA) is 82.0 Å². The minimum Gasteiger partial charge on any atom is -0.341 e. The highest BCUT2D eigenvalue weighted by atomic mass is 19.4. The normalized spacial score (nSPS) is 12.4. The third-order valence-electron chi connectivity index (χ3n) is 3.15. The smallest absolute Gasteiger partial charge is 0.341 e. The Bertz CT molecular complexity index is 636. The van der Waals surface area contributed by atoms with Crippen molar-refractivity contribution in [1.82, 2.24) is 10.6 Å². The van der Waals surface area contributed by atoms with Crippen molar-refractivity contribution >= 4 is 11.8 Å². The molecule has 0 saturated carbocycles. The van der Waals surface area contributed by atoms with E-state index in [9.17, 15) is 22.8 Å². The van der Waals surface area contributed by atoms with Gasteiger partial charge in [-0.05, 0) is 24.5 Å². The van der Waals surface area contributed by atoms with Gasteiger partial charge in [-0.25, -0.2) is 0 Å². The summed E-state index contributed by atoms with van der Waals surface area (Å²) in [6, 6.07) is 5.07. The number of halogens is 3. The second-order valence-electron chi connectivity index (χ2n) is 5.57. The lowest BCUT2D eigenvalue weighted by molar-refractivity contribution is -0.137. The highest BCUT2D eigenvalue weighted by Gasteiger charge is 2.35. The zero-order valence-corrected chi connectivity index (χ0v) is 13.3. The van der Waals surface area contributed by atoms with E-state index in [4.69, 9.17) is 5.26 Å². The van der Waals surface area contributed by atoms with E-state index in [0.717, 1.165) is 12.1 Å². The van der Waals surface area contributed by atoms with Crippen molar-refractivity contribution in [1.29, 1.82) is 5.26 Å². The van der Waals surface area contributed by atoms with E-state index < -0.39 is 35.2 Å². The van der Waals surface area contributed by atoms with Gasteiger partial charge in [0.05, 0.1) is 17.2 Å². The molecular weight excluding hydrogens is 323 g/mol. The quantitative estimate of drug-likeness (QED) is 0.780. The van der Waals surface area contributed by atoms with Crippen LogP contribution in [-0.2, 0) is 11.0 Å². The monoisotopic (exact) mass is 341 g/mol. The summed E-state index contributed by atoms with van der Waals surface area (Å²) in [5.74, 6) is -1.58. The van der Waals surface area contributed by atoms with Crippen LogP contribution in [0.5, 0.6) is 0 Å². The fourth-order valence-corrected chi connectivity index (χ4v) is 2.12. The zero-order chi connectivity index (χ0) is 18.3. The molecule has 1 aromatic carbocycles. The first-order valence-electron chi connectivity index (χ1n) is 7.28. The average molecular weight is 341 g/mol. The summed E-state index contributed by atoms with van der Waals surface area (Å²) in [6.07, 6.45) is -4.44. The van der Waals surface area contributed by atoms with Crippen molar-refractivity contribution in [2.45, 2.75) is 32.5 Å². The maximum absolute atomic E-state index is 13.0. The van der Waals surface area contributed by atoms with Gasteiger partial charge in [-0.1, -0.05) is 26.0 Å². The molecule has 0 spiro atoms. The molecule has 8 heteroatoms. The van der Waals surface area contributed by atoms with Crippen LogP contribution in [0.25, 0.3) is 0 Å². The van der Waals surface area contributed by atoms with Crippen molar-refractivity contribution in [3.05, 3.63) is 35.4 Å². The number of amides is 2. The van der Waals surface area contributed by atoms with Gasteiger partial charge < -0.3 is 10.6 Å². The fraction of sp³-hybridized carbons (Fsp3) is 0.438. The second-order valence-corrected chi connectivity index (χ2v) is 5.57. The number of nitrogens with zero attached hydrogens (tertiary/aromatic N) is 1. The molecule has 130 valence electrons. The molecule has 0 bridgehead atoms. The Hall–Kier alpha value is -2.56. The molecule has 1 atom stereocenters. The minimum atomic E-state index is -4.68. The van der Waals surface area contributed by atoms with Gasteiger partial charge in [-0.15, -0.1) is 0 Å². The van der Waals surface area contributed by atoms with Gasteiger partial charge in [-0.3, -0.25) is 9.59 Å². The molecular formula is C16H18F3N3O2. The third-order valence-corrected chi connectivity index (χ3v) is 3.15. The third kappa shape index (κ3) is 5.57. The zero-order valence-electron chi connectivity index (χ0n) is 13.3. The molecule has 2 amide bonds. The minimum absolute atomic E-state index is 0.0148. The van der Waals surface area contributed by atoms with Crippen molar-refractivity contribution in [3.8, 4) is 6.07 Å². The van der Waals surface area contributed by atoms with E-state index >= 15 is 0 Å². The van der Waals surface area contributed by atoms with Gasteiger partial charge in [0.15, 0.2) is 0 Å². The number of benzene rings is 1. The van der Waals surface area contributed by atoms with Gasteiger partial charge in [0.2, 0.25) is 5.91 Å². The summed E-state index contributed by atoms with van der Waals surface area (Å²) < 4.78 is 39.0. The summed E-state index contributed by atoms with van der Waals surface area (Å²) in [6.45, 7) is 3.36. The van der Waals surface area contributed by atoms with Crippen molar-refractivity contribution in [3.63, 3.8) is 0 Å². The van der Waals surface area contributed by atoms with Crippen LogP contribution in [0.3, 0.4) is 0 Å². The predicted molar refractivity (Wildman–Crippen MR) is 80.8 cm³/mol. The second kappa shape index (κ2) is 8.34. The number of alkyl halides is 3.